The molecule has 0 saturated carbocycles. The Bertz CT molecular complexity index is 441. The molecular formula is C16H25N3O. The molecule has 0 unspecified atom stereocenters. The van der Waals surface area contributed by atoms with Crippen LogP contribution in [0.1, 0.15) is 25.8 Å². The molecule has 2 N–H and O–H groups in total. The quantitative estimate of drug-likeness (QED) is 0.348. The predicted octanol–water partition coefficient (Wildman–Crippen LogP) is 2.72. The highest BCUT2D eigenvalue weighted by atomic mass is 16.5. The van der Waals surface area contributed by atoms with E-state index in [1.54, 1.807) is 7.05 Å². The van der Waals surface area contributed by atoms with Gasteiger partial charge in [-0.2, -0.15) is 0 Å². The monoisotopic (exact) mass is 275 g/mol. The number of nitrogens with zero attached hydrogens (tertiary/aromatic N) is 1. The summed E-state index contributed by atoms with van der Waals surface area (Å²) < 4.78 is 5.61. The predicted molar refractivity (Wildman–Crippen MR) is 85.2 cm³/mol. The number of para-hydroxylation sites is 1. The second-order valence-corrected chi connectivity index (χ2v) is 4.25. The number of hydrogen-bond donors (Lipinski definition) is 2. The van der Waals surface area contributed by atoms with Crippen molar-refractivity contribution in [3.05, 3.63) is 42.0 Å². The minimum Gasteiger partial charge on any atom is -0.494 e. The van der Waals surface area contributed by atoms with E-state index in [1.807, 2.05) is 32.0 Å². The summed E-state index contributed by atoms with van der Waals surface area (Å²) in [6, 6.07) is 8.05. The van der Waals surface area contributed by atoms with Gasteiger partial charge in [-0.15, -0.1) is 0 Å². The van der Waals surface area contributed by atoms with Crippen molar-refractivity contribution >= 4 is 5.96 Å². The lowest BCUT2D eigenvalue weighted by Gasteiger charge is -2.13. The first-order valence-corrected chi connectivity index (χ1v) is 7.08. The Morgan fingerprint density at radius 3 is 2.80 bits per heavy atom. The van der Waals surface area contributed by atoms with Gasteiger partial charge in [0.1, 0.15) is 5.75 Å². The maximum Gasteiger partial charge on any atom is 0.191 e. The van der Waals surface area contributed by atoms with Gasteiger partial charge >= 0.3 is 0 Å². The number of benzene rings is 1. The van der Waals surface area contributed by atoms with Crippen molar-refractivity contribution in [3.8, 4) is 5.75 Å². The topological polar surface area (TPSA) is 45.7 Å². The largest absolute Gasteiger partial charge is 0.494 e. The Morgan fingerprint density at radius 2 is 2.10 bits per heavy atom. The lowest BCUT2D eigenvalue weighted by molar-refractivity contribution is 0.336. The van der Waals surface area contributed by atoms with Crippen molar-refractivity contribution in [2.75, 3.05) is 20.2 Å². The lowest BCUT2D eigenvalue weighted by atomic mass is 10.2. The van der Waals surface area contributed by atoms with Gasteiger partial charge in [0.2, 0.25) is 0 Å². The number of aliphatic imine (C=N–C) groups is 1. The first kappa shape index (κ1) is 16.1. The number of guanidine groups is 1. The highest BCUT2D eigenvalue weighted by Crippen LogP contribution is 2.17. The Hall–Kier alpha value is -1.97. The molecule has 20 heavy (non-hydrogen) atoms. The van der Waals surface area contributed by atoms with Gasteiger partial charge in [-0.25, -0.2) is 0 Å². The summed E-state index contributed by atoms with van der Waals surface area (Å²) in [6.07, 6.45) is 5.17. The first-order valence-electron chi connectivity index (χ1n) is 7.08. The van der Waals surface area contributed by atoms with E-state index in [4.69, 9.17) is 4.74 Å². The molecule has 1 aromatic rings. The molecule has 0 aliphatic carbocycles. The van der Waals surface area contributed by atoms with Gasteiger partial charge in [0.15, 0.2) is 5.96 Å². The molecule has 1 rings (SSSR count). The molecule has 4 nitrogen and oxygen atoms in total. The average Bonchev–Trinajstić information content (AvgIpc) is 2.48. The van der Waals surface area contributed by atoms with Crippen LogP contribution < -0.4 is 15.4 Å². The van der Waals surface area contributed by atoms with Crippen LogP contribution in [0, 0.1) is 0 Å². The molecule has 0 amide bonds. The normalized spacial score (nSPS) is 11.7. The van der Waals surface area contributed by atoms with Gasteiger partial charge in [-0.05, 0) is 26.3 Å². The minimum absolute atomic E-state index is 0.674. The van der Waals surface area contributed by atoms with Crippen molar-refractivity contribution in [1.29, 1.82) is 0 Å². The van der Waals surface area contributed by atoms with Crippen LogP contribution in [0.25, 0.3) is 0 Å². The fraction of sp³-hybridized carbons (Fsp3) is 0.438. The lowest BCUT2D eigenvalue weighted by Crippen LogP contribution is -2.37. The summed E-state index contributed by atoms with van der Waals surface area (Å²) in [5.74, 6) is 1.73. The van der Waals surface area contributed by atoms with Crippen molar-refractivity contribution in [3.63, 3.8) is 0 Å². The SMILES string of the molecule is CC=CCCNC(=NC)NCc1ccccc1OCC. The summed E-state index contributed by atoms with van der Waals surface area (Å²) in [7, 11) is 1.78. The second-order valence-electron chi connectivity index (χ2n) is 4.25. The van der Waals surface area contributed by atoms with E-state index < -0.39 is 0 Å². The van der Waals surface area contributed by atoms with Crippen LogP contribution in [0.5, 0.6) is 5.75 Å². The molecule has 0 saturated heterocycles. The van der Waals surface area contributed by atoms with Crippen LogP contribution in [-0.2, 0) is 6.54 Å². The van der Waals surface area contributed by atoms with E-state index in [0.717, 1.165) is 30.2 Å². The fourth-order valence-electron chi connectivity index (χ4n) is 1.79. The summed E-state index contributed by atoms with van der Waals surface area (Å²) >= 11 is 0. The van der Waals surface area contributed by atoms with Gasteiger partial charge in [0.25, 0.3) is 0 Å². The molecule has 0 atom stereocenters. The van der Waals surface area contributed by atoms with E-state index in [1.165, 1.54) is 0 Å². The molecule has 0 spiro atoms. The zero-order valence-electron chi connectivity index (χ0n) is 12.6. The summed E-state index contributed by atoms with van der Waals surface area (Å²) in [6.45, 7) is 6.26. The van der Waals surface area contributed by atoms with E-state index in [9.17, 15) is 0 Å². The maximum atomic E-state index is 5.61. The van der Waals surface area contributed by atoms with Gasteiger partial charge < -0.3 is 15.4 Å². The molecule has 0 bridgehead atoms. The molecule has 110 valence electrons. The van der Waals surface area contributed by atoms with Crippen LogP contribution >= 0.6 is 0 Å². The first-order chi connectivity index (χ1) is 9.81. The molecule has 0 fully saturated rings. The molecular weight excluding hydrogens is 250 g/mol. The second kappa shape index (κ2) is 9.89. The number of ether oxygens (including phenoxy) is 1. The summed E-state index contributed by atoms with van der Waals surface area (Å²) in [5.41, 5.74) is 1.13. The van der Waals surface area contributed by atoms with Gasteiger partial charge in [-0.1, -0.05) is 30.4 Å². The Kier molecular flexibility index (Phi) is 7.96. The van der Waals surface area contributed by atoms with Crippen LogP contribution in [-0.4, -0.2) is 26.2 Å². The number of rotatable bonds is 7. The van der Waals surface area contributed by atoms with Gasteiger partial charge in [0.05, 0.1) is 6.61 Å². The zero-order chi connectivity index (χ0) is 14.6. The van der Waals surface area contributed by atoms with Crippen LogP contribution in [0.2, 0.25) is 0 Å². The molecule has 0 radical (unpaired) electrons. The number of nitrogens with one attached hydrogen (secondary N) is 2. The highest BCUT2D eigenvalue weighted by molar-refractivity contribution is 5.79. The summed E-state index contributed by atoms with van der Waals surface area (Å²) in [4.78, 5) is 4.21. The maximum absolute atomic E-state index is 5.61. The molecule has 0 aliphatic heterocycles. The fourth-order valence-corrected chi connectivity index (χ4v) is 1.79. The average molecular weight is 275 g/mol. The molecule has 4 heteroatoms. The third kappa shape index (κ3) is 5.78. The van der Waals surface area contributed by atoms with Crippen LogP contribution in [0.4, 0.5) is 0 Å². The van der Waals surface area contributed by atoms with Crippen molar-refractivity contribution in [1.82, 2.24) is 10.6 Å². The smallest absolute Gasteiger partial charge is 0.191 e. The van der Waals surface area contributed by atoms with Crippen LogP contribution in [0.15, 0.2) is 41.4 Å². The third-order valence-corrected chi connectivity index (χ3v) is 2.78. The molecule has 0 heterocycles. The van der Waals surface area contributed by atoms with E-state index in [2.05, 4.69) is 33.8 Å². The van der Waals surface area contributed by atoms with Crippen molar-refractivity contribution in [2.24, 2.45) is 4.99 Å². The van der Waals surface area contributed by atoms with Gasteiger partial charge in [0, 0.05) is 25.7 Å². The van der Waals surface area contributed by atoms with E-state index >= 15 is 0 Å². The van der Waals surface area contributed by atoms with E-state index in [0.29, 0.717) is 13.2 Å². The molecule has 0 aliphatic rings. The zero-order valence-corrected chi connectivity index (χ0v) is 12.6. The number of allylic oxidation sites excluding steroid dienone is 1. The van der Waals surface area contributed by atoms with Crippen LogP contribution in [0.3, 0.4) is 0 Å². The summed E-state index contributed by atoms with van der Waals surface area (Å²) in [5, 5.41) is 6.57. The standard InChI is InChI=1S/C16H25N3O/c1-4-6-9-12-18-16(17-3)19-13-14-10-7-8-11-15(14)20-5-2/h4,6-8,10-11H,5,9,12-13H2,1-3H3,(H2,17,18,19). The number of hydrogen-bond acceptors (Lipinski definition) is 2. The Morgan fingerprint density at radius 1 is 1.30 bits per heavy atom. The minimum atomic E-state index is 0.674. The van der Waals surface area contributed by atoms with Crippen molar-refractivity contribution in [2.45, 2.75) is 26.8 Å². The van der Waals surface area contributed by atoms with Gasteiger partial charge in [-0.3, -0.25) is 4.99 Å². The van der Waals surface area contributed by atoms with E-state index in [-0.39, 0.29) is 0 Å². The molecule has 1 aromatic carbocycles. The Labute approximate surface area is 121 Å². The highest BCUT2D eigenvalue weighted by Gasteiger charge is 2.03. The van der Waals surface area contributed by atoms with Crippen molar-refractivity contribution < 1.29 is 4.74 Å². The Balaban J connectivity index is 2.48. The third-order valence-electron chi connectivity index (χ3n) is 2.78. The molecule has 0 aromatic heterocycles.